The van der Waals surface area contributed by atoms with E-state index in [1.54, 1.807) is 37.0 Å². The van der Waals surface area contributed by atoms with E-state index < -0.39 is 0 Å². The fourth-order valence-corrected chi connectivity index (χ4v) is 4.13. The quantitative estimate of drug-likeness (QED) is 0.550. The second kappa shape index (κ2) is 8.93. The molecule has 0 fully saturated rings. The molecule has 0 N–H and O–H groups in total. The molecule has 1 aromatic carbocycles. The van der Waals surface area contributed by atoms with E-state index in [0.29, 0.717) is 24.0 Å². The highest BCUT2D eigenvalue weighted by atomic mass is 32.2. The van der Waals surface area contributed by atoms with Crippen LogP contribution in [0.5, 0.6) is 0 Å². The number of nitrogens with zero attached hydrogens (tertiary/aromatic N) is 5. The predicted molar refractivity (Wildman–Crippen MR) is 103 cm³/mol. The minimum atomic E-state index is -0.0657. The van der Waals surface area contributed by atoms with Gasteiger partial charge >= 0.3 is 0 Å². The molecule has 0 saturated heterocycles. The van der Waals surface area contributed by atoms with Gasteiger partial charge in [0.25, 0.3) is 0 Å². The summed E-state index contributed by atoms with van der Waals surface area (Å²) in [6.07, 6.45) is 1.70. The van der Waals surface area contributed by atoms with E-state index in [4.69, 9.17) is 4.74 Å². The minimum Gasteiger partial charge on any atom is -0.383 e. The Kier molecular flexibility index (Phi) is 6.37. The molecule has 0 aliphatic carbocycles. The largest absolute Gasteiger partial charge is 0.383 e. The van der Waals surface area contributed by atoms with Crippen LogP contribution in [0, 0.1) is 0 Å². The maximum absolute atomic E-state index is 12.1. The number of rotatable bonds is 8. The van der Waals surface area contributed by atoms with Gasteiger partial charge in [-0.3, -0.25) is 9.69 Å². The Morgan fingerprint density at radius 1 is 1.35 bits per heavy atom. The monoisotopic (exact) mass is 389 g/mol. The third kappa shape index (κ3) is 4.48. The van der Waals surface area contributed by atoms with E-state index in [1.165, 1.54) is 11.3 Å². The Labute approximate surface area is 160 Å². The van der Waals surface area contributed by atoms with Crippen LogP contribution in [0.4, 0.5) is 10.8 Å². The lowest BCUT2D eigenvalue weighted by molar-refractivity contribution is -0.115. The van der Waals surface area contributed by atoms with Gasteiger partial charge in [0.2, 0.25) is 5.91 Å². The normalized spacial score (nSPS) is 10.8. The highest BCUT2D eigenvalue weighted by molar-refractivity contribution is 7.98. The molecule has 0 aliphatic rings. The first-order valence-corrected chi connectivity index (χ1v) is 9.85. The zero-order valence-corrected chi connectivity index (χ0v) is 16.2. The van der Waals surface area contributed by atoms with Gasteiger partial charge in [0.15, 0.2) is 10.3 Å². The van der Waals surface area contributed by atoms with E-state index in [2.05, 4.69) is 15.2 Å². The molecule has 3 rings (SSSR count). The number of ether oxygens (including phenoxy) is 1. The summed E-state index contributed by atoms with van der Waals surface area (Å²) >= 11 is 3.01. The van der Waals surface area contributed by atoms with Crippen molar-refractivity contribution in [2.45, 2.75) is 24.4 Å². The number of carbonyl (C=O) groups excluding carboxylic acids is 1. The Hall–Kier alpha value is -2.23. The van der Waals surface area contributed by atoms with Gasteiger partial charge in [-0.2, -0.15) is 0 Å². The number of para-hydroxylation sites is 1. The lowest BCUT2D eigenvalue weighted by atomic mass is 10.3. The van der Waals surface area contributed by atoms with Gasteiger partial charge in [0.1, 0.15) is 6.33 Å². The first kappa shape index (κ1) is 18.6. The average molecular weight is 390 g/mol. The van der Waals surface area contributed by atoms with Gasteiger partial charge in [-0.25, -0.2) is 4.98 Å². The first-order chi connectivity index (χ1) is 12.7. The van der Waals surface area contributed by atoms with Crippen LogP contribution in [0.1, 0.15) is 12.6 Å². The fraction of sp³-hybridized carbons (Fsp3) is 0.294. The number of anilines is 2. The Morgan fingerprint density at radius 3 is 2.88 bits per heavy atom. The molecular formula is C17H19N5O2S2. The number of hydrogen-bond donors (Lipinski definition) is 0. The first-order valence-electron chi connectivity index (χ1n) is 7.98. The Balaban J connectivity index is 1.70. The van der Waals surface area contributed by atoms with Crippen LogP contribution in [-0.4, -0.2) is 39.4 Å². The fourth-order valence-electron chi connectivity index (χ4n) is 2.31. The summed E-state index contributed by atoms with van der Waals surface area (Å²) in [5.74, 6) is 0.590. The van der Waals surface area contributed by atoms with Crippen molar-refractivity contribution in [3.63, 3.8) is 0 Å². The summed E-state index contributed by atoms with van der Waals surface area (Å²) in [4.78, 5) is 18.3. The lowest BCUT2D eigenvalue weighted by Gasteiger charge is -2.17. The predicted octanol–water partition coefficient (Wildman–Crippen LogP) is 3.36. The third-order valence-electron chi connectivity index (χ3n) is 3.53. The molecule has 2 aromatic heterocycles. The number of hydrogen-bond acceptors (Lipinski definition) is 7. The second-order valence-electron chi connectivity index (χ2n) is 5.40. The van der Waals surface area contributed by atoms with Crippen LogP contribution < -0.4 is 4.90 Å². The van der Waals surface area contributed by atoms with Crippen molar-refractivity contribution in [2.75, 3.05) is 18.6 Å². The number of methoxy groups -OCH3 is 1. The van der Waals surface area contributed by atoms with Crippen LogP contribution >= 0.6 is 23.1 Å². The van der Waals surface area contributed by atoms with Crippen molar-refractivity contribution in [1.29, 1.82) is 0 Å². The molecule has 0 saturated carbocycles. The molecule has 0 radical (unpaired) electrons. The van der Waals surface area contributed by atoms with E-state index in [1.807, 2.05) is 40.3 Å². The molecular weight excluding hydrogens is 370 g/mol. The van der Waals surface area contributed by atoms with Crippen molar-refractivity contribution in [3.8, 4) is 0 Å². The van der Waals surface area contributed by atoms with Gasteiger partial charge in [0.05, 0.1) is 18.0 Å². The molecule has 9 heteroatoms. The highest BCUT2D eigenvalue weighted by Crippen LogP contribution is 2.30. The molecule has 136 valence electrons. The molecule has 0 atom stereocenters. The van der Waals surface area contributed by atoms with Crippen molar-refractivity contribution < 1.29 is 9.53 Å². The smallest absolute Gasteiger partial charge is 0.230 e. The van der Waals surface area contributed by atoms with E-state index >= 15 is 0 Å². The van der Waals surface area contributed by atoms with Gasteiger partial charge in [-0.05, 0) is 12.1 Å². The summed E-state index contributed by atoms with van der Waals surface area (Å²) in [6.45, 7) is 2.86. The standard InChI is InChI=1S/C17H19N5O2S2/c1-13(23)22(15-6-4-3-5-7-15)16-19-14(10-25-16)11-26-17-20-18-12-21(17)8-9-24-2/h3-7,10,12H,8-9,11H2,1-2H3. The zero-order valence-electron chi connectivity index (χ0n) is 14.5. The number of benzene rings is 1. The lowest BCUT2D eigenvalue weighted by Crippen LogP contribution is -2.22. The number of amides is 1. The number of thiazole rings is 1. The molecule has 26 heavy (non-hydrogen) atoms. The van der Waals surface area contributed by atoms with E-state index in [9.17, 15) is 4.79 Å². The van der Waals surface area contributed by atoms with Crippen molar-refractivity contribution >= 4 is 39.8 Å². The molecule has 0 bridgehead atoms. The van der Waals surface area contributed by atoms with E-state index in [-0.39, 0.29) is 5.91 Å². The topological polar surface area (TPSA) is 73.1 Å². The molecule has 3 aromatic rings. The summed E-state index contributed by atoms with van der Waals surface area (Å²) in [5.41, 5.74) is 1.71. The zero-order chi connectivity index (χ0) is 18.4. The third-order valence-corrected chi connectivity index (χ3v) is 5.41. The van der Waals surface area contributed by atoms with Crippen molar-refractivity contribution in [3.05, 3.63) is 47.7 Å². The molecule has 2 heterocycles. The maximum Gasteiger partial charge on any atom is 0.230 e. The highest BCUT2D eigenvalue weighted by Gasteiger charge is 2.18. The summed E-state index contributed by atoms with van der Waals surface area (Å²) in [5, 5.41) is 11.5. The van der Waals surface area contributed by atoms with Crippen molar-refractivity contribution in [2.24, 2.45) is 0 Å². The van der Waals surface area contributed by atoms with Crippen LogP contribution in [-0.2, 0) is 21.8 Å². The van der Waals surface area contributed by atoms with E-state index in [0.717, 1.165) is 16.5 Å². The van der Waals surface area contributed by atoms with Crippen molar-refractivity contribution in [1.82, 2.24) is 19.7 Å². The molecule has 0 spiro atoms. The number of carbonyl (C=O) groups is 1. The van der Waals surface area contributed by atoms with Gasteiger partial charge < -0.3 is 9.30 Å². The van der Waals surface area contributed by atoms with Gasteiger partial charge in [0, 0.05) is 31.7 Å². The molecule has 0 aliphatic heterocycles. The molecule has 0 unspecified atom stereocenters. The van der Waals surface area contributed by atoms with Crippen LogP contribution in [0.15, 0.2) is 47.2 Å². The summed E-state index contributed by atoms with van der Waals surface area (Å²) < 4.78 is 7.04. The van der Waals surface area contributed by atoms with Gasteiger partial charge in [-0.1, -0.05) is 30.0 Å². The molecule has 1 amide bonds. The van der Waals surface area contributed by atoms with Crippen LogP contribution in [0.25, 0.3) is 0 Å². The summed E-state index contributed by atoms with van der Waals surface area (Å²) in [6, 6.07) is 9.53. The average Bonchev–Trinajstić information content (AvgIpc) is 3.28. The van der Waals surface area contributed by atoms with Gasteiger partial charge in [-0.15, -0.1) is 21.5 Å². The molecule has 7 nitrogen and oxygen atoms in total. The maximum atomic E-state index is 12.1. The minimum absolute atomic E-state index is 0.0657. The van der Waals surface area contributed by atoms with Crippen LogP contribution in [0.2, 0.25) is 0 Å². The van der Waals surface area contributed by atoms with Crippen LogP contribution in [0.3, 0.4) is 0 Å². The number of aromatic nitrogens is 4. The Morgan fingerprint density at radius 2 is 2.15 bits per heavy atom. The second-order valence-corrected chi connectivity index (χ2v) is 7.18. The Bertz CT molecular complexity index is 850. The summed E-state index contributed by atoms with van der Waals surface area (Å²) in [7, 11) is 1.67. The SMILES string of the molecule is COCCn1cnnc1SCc1csc(N(C(C)=O)c2ccccc2)n1. The number of thioether (sulfide) groups is 1.